The molecule has 0 atom stereocenters. The standard InChI is InChI=1S/C9H10Cl3N3O3/c1-3-18-7(16)5-4-13-15(2)6(5)14-8(17)9(10,11)12/h4H,3H2,1-2H3,(H,14,17). The molecule has 1 aromatic heterocycles. The van der Waals surface area contributed by atoms with E-state index < -0.39 is 15.7 Å². The number of nitrogens with zero attached hydrogens (tertiary/aromatic N) is 2. The van der Waals surface area contributed by atoms with E-state index in [0.29, 0.717) is 0 Å². The molecule has 100 valence electrons. The van der Waals surface area contributed by atoms with Crippen molar-refractivity contribution >= 4 is 52.5 Å². The second-order valence-corrected chi connectivity index (χ2v) is 5.48. The summed E-state index contributed by atoms with van der Waals surface area (Å²) in [5.74, 6) is -1.41. The number of nitrogens with one attached hydrogen (secondary N) is 1. The second-order valence-electron chi connectivity index (χ2n) is 3.20. The van der Waals surface area contributed by atoms with E-state index in [4.69, 9.17) is 39.5 Å². The highest BCUT2D eigenvalue weighted by atomic mass is 35.6. The summed E-state index contributed by atoms with van der Waals surface area (Å²) < 4.78 is 3.94. The molecule has 1 N–H and O–H groups in total. The number of hydrogen-bond acceptors (Lipinski definition) is 4. The molecule has 0 aromatic carbocycles. The minimum atomic E-state index is -2.13. The van der Waals surface area contributed by atoms with Crippen molar-refractivity contribution in [2.75, 3.05) is 11.9 Å². The third-order valence-corrected chi connectivity index (χ3v) is 2.44. The summed E-state index contributed by atoms with van der Waals surface area (Å²) in [5.41, 5.74) is 0.0851. The van der Waals surface area contributed by atoms with Crippen molar-refractivity contribution in [2.45, 2.75) is 10.7 Å². The maximum atomic E-state index is 11.6. The number of amides is 1. The Bertz CT molecular complexity index is 467. The quantitative estimate of drug-likeness (QED) is 0.683. The maximum Gasteiger partial charge on any atom is 0.343 e. The van der Waals surface area contributed by atoms with E-state index in [1.165, 1.54) is 17.9 Å². The topological polar surface area (TPSA) is 73.2 Å². The Balaban J connectivity index is 2.99. The summed E-state index contributed by atoms with van der Waals surface area (Å²) in [7, 11) is 1.52. The van der Waals surface area contributed by atoms with Gasteiger partial charge in [0.2, 0.25) is 0 Å². The third-order valence-electron chi connectivity index (χ3n) is 1.92. The van der Waals surface area contributed by atoms with Crippen LogP contribution < -0.4 is 5.32 Å². The van der Waals surface area contributed by atoms with E-state index in [-0.39, 0.29) is 18.0 Å². The Kier molecular flexibility index (Phi) is 4.84. The molecule has 18 heavy (non-hydrogen) atoms. The minimum Gasteiger partial charge on any atom is -0.462 e. The Labute approximate surface area is 118 Å². The molecule has 1 rings (SSSR count). The Morgan fingerprint density at radius 3 is 2.61 bits per heavy atom. The number of carbonyl (C=O) groups is 2. The molecule has 0 bridgehead atoms. The van der Waals surface area contributed by atoms with Gasteiger partial charge in [0.05, 0.1) is 12.8 Å². The lowest BCUT2D eigenvalue weighted by atomic mass is 10.3. The zero-order chi connectivity index (χ0) is 13.9. The summed E-state index contributed by atoms with van der Waals surface area (Å²) in [6, 6.07) is 0. The van der Waals surface area contributed by atoms with Crippen molar-refractivity contribution in [3.63, 3.8) is 0 Å². The first-order valence-electron chi connectivity index (χ1n) is 4.84. The van der Waals surface area contributed by atoms with Crippen LogP contribution in [0.25, 0.3) is 0 Å². The van der Waals surface area contributed by atoms with Gasteiger partial charge in [0, 0.05) is 7.05 Å². The molecule has 0 saturated carbocycles. The average molecular weight is 315 g/mol. The molecule has 0 fully saturated rings. The molecule has 9 heteroatoms. The number of aromatic nitrogens is 2. The summed E-state index contributed by atoms with van der Waals surface area (Å²) in [5, 5.41) is 6.13. The minimum absolute atomic E-state index is 0.0851. The number of hydrogen-bond donors (Lipinski definition) is 1. The summed E-state index contributed by atoms with van der Waals surface area (Å²) in [4.78, 5) is 23.1. The Morgan fingerprint density at radius 2 is 2.11 bits per heavy atom. The number of carbonyl (C=O) groups excluding carboxylic acids is 2. The van der Waals surface area contributed by atoms with Crippen LogP contribution in [0.2, 0.25) is 0 Å². The molecule has 0 spiro atoms. The molecule has 0 radical (unpaired) electrons. The van der Waals surface area contributed by atoms with Gasteiger partial charge in [-0.2, -0.15) is 5.10 Å². The van der Waals surface area contributed by atoms with Gasteiger partial charge < -0.3 is 10.1 Å². The van der Waals surface area contributed by atoms with Gasteiger partial charge in [-0.25, -0.2) is 4.79 Å². The summed E-state index contributed by atoms with van der Waals surface area (Å²) >= 11 is 16.3. The number of aryl methyl sites for hydroxylation is 1. The van der Waals surface area contributed by atoms with Gasteiger partial charge in [-0.15, -0.1) is 0 Å². The van der Waals surface area contributed by atoms with Crippen molar-refractivity contribution in [3.8, 4) is 0 Å². The maximum absolute atomic E-state index is 11.6. The van der Waals surface area contributed by atoms with Crippen molar-refractivity contribution in [1.29, 1.82) is 0 Å². The lowest BCUT2D eigenvalue weighted by molar-refractivity contribution is -0.115. The molecule has 1 aromatic rings. The van der Waals surface area contributed by atoms with E-state index in [1.54, 1.807) is 6.92 Å². The molecule has 0 unspecified atom stereocenters. The fourth-order valence-corrected chi connectivity index (χ4v) is 1.26. The first kappa shape index (κ1) is 15.1. The number of ether oxygens (including phenoxy) is 1. The number of halogens is 3. The molecular weight excluding hydrogens is 304 g/mol. The van der Waals surface area contributed by atoms with Gasteiger partial charge in [-0.05, 0) is 6.92 Å². The fraction of sp³-hybridized carbons (Fsp3) is 0.444. The van der Waals surface area contributed by atoms with Gasteiger partial charge in [-0.3, -0.25) is 9.48 Å². The largest absolute Gasteiger partial charge is 0.462 e. The zero-order valence-electron chi connectivity index (χ0n) is 9.54. The SMILES string of the molecule is CCOC(=O)c1cnn(C)c1NC(=O)C(Cl)(Cl)Cl. The first-order chi connectivity index (χ1) is 8.27. The molecule has 1 heterocycles. The van der Waals surface area contributed by atoms with Crippen LogP contribution >= 0.6 is 34.8 Å². The molecule has 0 aliphatic rings. The molecule has 0 aliphatic heterocycles. The van der Waals surface area contributed by atoms with Crippen LogP contribution in [0.15, 0.2) is 6.20 Å². The van der Waals surface area contributed by atoms with Crippen molar-refractivity contribution in [3.05, 3.63) is 11.8 Å². The molecule has 6 nitrogen and oxygen atoms in total. The van der Waals surface area contributed by atoms with Crippen LogP contribution in [0.1, 0.15) is 17.3 Å². The summed E-state index contributed by atoms with van der Waals surface area (Å²) in [6.45, 7) is 1.86. The van der Waals surface area contributed by atoms with E-state index in [0.717, 1.165) is 0 Å². The molecule has 0 aliphatic carbocycles. The highest BCUT2D eigenvalue weighted by molar-refractivity contribution is 6.76. The summed E-state index contributed by atoms with van der Waals surface area (Å²) in [6.07, 6.45) is 1.26. The van der Waals surface area contributed by atoms with Crippen LogP contribution in [0.3, 0.4) is 0 Å². The predicted molar refractivity (Wildman–Crippen MR) is 68.1 cm³/mol. The molecule has 1 amide bonds. The Hall–Kier alpha value is -0.980. The van der Waals surface area contributed by atoms with Crippen LogP contribution in [-0.2, 0) is 16.6 Å². The third kappa shape index (κ3) is 3.51. The van der Waals surface area contributed by atoms with E-state index >= 15 is 0 Å². The smallest absolute Gasteiger partial charge is 0.343 e. The fourth-order valence-electron chi connectivity index (χ4n) is 1.12. The van der Waals surface area contributed by atoms with Gasteiger partial charge in [0.1, 0.15) is 11.4 Å². The molecule has 0 saturated heterocycles. The first-order valence-corrected chi connectivity index (χ1v) is 5.98. The van der Waals surface area contributed by atoms with E-state index in [2.05, 4.69) is 10.4 Å². The van der Waals surface area contributed by atoms with Gasteiger partial charge >= 0.3 is 5.97 Å². The van der Waals surface area contributed by atoms with E-state index in [9.17, 15) is 9.59 Å². The van der Waals surface area contributed by atoms with Crippen LogP contribution in [-0.4, -0.2) is 32.1 Å². The Morgan fingerprint density at radius 1 is 1.50 bits per heavy atom. The van der Waals surface area contributed by atoms with Crippen molar-refractivity contribution in [2.24, 2.45) is 7.05 Å². The zero-order valence-corrected chi connectivity index (χ0v) is 11.8. The number of alkyl halides is 3. The van der Waals surface area contributed by atoms with Crippen molar-refractivity contribution < 1.29 is 14.3 Å². The van der Waals surface area contributed by atoms with Gasteiger partial charge in [0.25, 0.3) is 9.70 Å². The van der Waals surface area contributed by atoms with Crippen LogP contribution in [0.4, 0.5) is 5.82 Å². The van der Waals surface area contributed by atoms with Crippen LogP contribution in [0.5, 0.6) is 0 Å². The lowest BCUT2D eigenvalue weighted by Gasteiger charge is -2.12. The van der Waals surface area contributed by atoms with Gasteiger partial charge in [-0.1, -0.05) is 34.8 Å². The average Bonchev–Trinajstić information content (AvgIpc) is 2.59. The van der Waals surface area contributed by atoms with E-state index in [1.807, 2.05) is 0 Å². The number of anilines is 1. The van der Waals surface area contributed by atoms with Gasteiger partial charge in [0.15, 0.2) is 0 Å². The number of esters is 1. The molecular formula is C9H10Cl3N3O3. The van der Waals surface area contributed by atoms with Crippen molar-refractivity contribution in [1.82, 2.24) is 9.78 Å². The number of rotatable bonds is 3. The van der Waals surface area contributed by atoms with Crippen LogP contribution in [0, 0.1) is 0 Å². The normalized spacial score (nSPS) is 11.2. The highest BCUT2D eigenvalue weighted by Crippen LogP contribution is 2.28. The lowest BCUT2D eigenvalue weighted by Crippen LogP contribution is -2.28. The highest BCUT2D eigenvalue weighted by Gasteiger charge is 2.32. The monoisotopic (exact) mass is 313 g/mol. The predicted octanol–water partition coefficient (Wildman–Crippen LogP) is 1.91. The second kappa shape index (κ2) is 5.77.